The van der Waals surface area contributed by atoms with Crippen molar-refractivity contribution in [3.63, 3.8) is 0 Å². The van der Waals surface area contributed by atoms with Gasteiger partial charge in [0.2, 0.25) is 5.82 Å². The van der Waals surface area contributed by atoms with Crippen molar-refractivity contribution in [2.45, 2.75) is 5.92 Å². The quantitative estimate of drug-likeness (QED) is 0.436. The van der Waals surface area contributed by atoms with Gasteiger partial charge in [0.1, 0.15) is 0 Å². The maximum atomic E-state index is 13.1. The standard InChI is InChI=1S/C9H6F5N/c10-5-4(3-1-15-2-3)6(11)8(13)9(14)7(5)12/h3,15H,1-2H2. The van der Waals surface area contributed by atoms with Gasteiger partial charge in [-0.2, -0.15) is 0 Å². The Morgan fingerprint density at radius 1 is 0.733 bits per heavy atom. The molecule has 1 N–H and O–H groups in total. The van der Waals surface area contributed by atoms with Crippen molar-refractivity contribution in [1.29, 1.82) is 0 Å². The van der Waals surface area contributed by atoms with Crippen LogP contribution in [0.4, 0.5) is 22.0 Å². The van der Waals surface area contributed by atoms with Gasteiger partial charge in [-0.05, 0) is 0 Å². The highest BCUT2D eigenvalue weighted by atomic mass is 19.2. The van der Waals surface area contributed by atoms with Gasteiger partial charge >= 0.3 is 0 Å². The van der Waals surface area contributed by atoms with Gasteiger partial charge in [-0.1, -0.05) is 0 Å². The molecule has 82 valence electrons. The molecule has 0 radical (unpaired) electrons. The highest BCUT2D eigenvalue weighted by Gasteiger charge is 2.32. The minimum absolute atomic E-state index is 0.221. The van der Waals surface area contributed by atoms with Gasteiger partial charge in [0.15, 0.2) is 23.3 Å². The molecule has 0 saturated carbocycles. The Labute approximate surface area is 81.9 Å². The molecule has 0 aliphatic carbocycles. The van der Waals surface area contributed by atoms with E-state index in [1.807, 2.05) is 0 Å². The summed E-state index contributed by atoms with van der Waals surface area (Å²) in [6, 6.07) is 0. The number of rotatable bonds is 1. The van der Waals surface area contributed by atoms with Crippen molar-refractivity contribution in [1.82, 2.24) is 5.32 Å². The first-order valence-corrected chi connectivity index (χ1v) is 4.26. The van der Waals surface area contributed by atoms with Gasteiger partial charge in [-0.25, -0.2) is 22.0 Å². The summed E-state index contributed by atoms with van der Waals surface area (Å²) in [5, 5.41) is 2.70. The molecule has 0 atom stereocenters. The van der Waals surface area contributed by atoms with E-state index in [1.54, 1.807) is 0 Å². The Balaban J connectivity index is 2.62. The smallest absolute Gasteiger partial charge is 0.200 e. The molecular weight excluding hydrogens is 217 g/mol. The molecular formula is C9H6F5N. The fourth-order valence-corrected chi connectivity index (χ4v) is 1.47. The van der Waals surface area contributed by atoms with E-state index in [0.717, 1.165) is 0 Å². The summed E-state index contributed by atoms with van der Waals surface area (Å²) in [6.07, 6.45) is 0. The minimum Gasteiger partial charge on any atom is -0.315 e. The molecule has 1 aliphatic heterocycles. The average molecular weight is 223 g/mol. The molecule has 1 heterocycles. The molecule has 6 heteroatoms. The molecule has 15 heavy (non-hydrogen) atoms. The van der Waals surface area contributed by atoms with Crippen molar-refractivity contribution in [2.24, 2.45) is 0 Å². The molecule has 1 aromatic carbocycles. The normalized spacial score (nSPS) is 16.6. The fraction of sp³-hybridized carbons (Fsp3) is 0.333. The van der Waals surface area contributed by atoms with E-state index in [2.05, 4.69) is 5.32 Å². The van der Waals surface area contributed by atoms with Crippen LogP contribution in [0, 0.1) is 29.1 Å². The van der Waals surface area contributed by atoms with E-state index < -0.39 is 40.6 Å². The first kappa shape index (κ1) is 10.4. The van der Waals surface area contributed by atoms with E-state index >= 15 is 0 Å². The van der Waals surface area contributed by atoms with Crippen LogP contribution in [0.5, 0.6) is 0 Å². The molecule has 1 aromatic rings. The average Bonchev–Trinajstić information content (AvgIpc) is 2.15. The second-order valence-corrected chi connectivity index (χ2v) is 3.34. The number of hydrogen-bond donors (Lipinski definition) is 1. The van der Waals surface area contributed by atoms with Crippen LogP contribution in [-0.4, -0.2) is 13.1 Å². The zero-order chi connectivity index (χ0) is 11.2. The third-order valence-corrected chi connectivity index (χ3v) is 2.43. The van der Waals surface area contributed by atoms with Gasteiger partial charge in [0.05, 0.1) is 0 Å². The lowest BCUT2D eigenvalue weighted by molar-refractivity contribution is 0.344. The van der Waals surface area contributed by atoms with Crippen LogP contribution in [0.2, 0.25) is 0 Å². The first-order chi connectivity index (χ1) is 7.04. The zero-order valence-electron chi connectivity index (χ0n) is 7.38. The topological polar surface area (TPSA) is 12.0 Å². The van der Waals surface area contributed by atoms with Crippen LogP contribution >= 0.6 is 0 Å². The second kappa shape index (κ2) is 3.44. The van der Waals surface area contributed by atoms with Crippen molar-refractivity contribution in [3.05, 3.63) is 34.6 Å². The summed E-state index contributed by atoms with van der Waals surface area (Å²) >= 11 is 0. The molecule has 1 aliphatic rings. The van der Waals surface area contributed by atoms with Crippen LogP contribution in [-0.2, 0) is 0 Å². The minimum atomic E-state index is -2.11. The van der Waals surface area contributed by atoms with Crippen LogP contribution in [0.25, 0.3) is 0 Å². The van der Waals surface area contributed by atoms with Gasteiger partial charge in [-0.3, -0.25) is 0 Å². The Kier molecular flexibility index (Phi) is 2.38. The second-order valence-electron chi connectivity index (χ2n) is 3.34. The van der Waals surface area contributed by atoms with E-state index in [0.29, 0.717) is 0 Å². The molecule has 2 rings (SSSR count). The molecule has 0 unspecified atom stereocenters. The lowest BCUT2D eigenvalue weighted by atomic mass is 9.92. The van der Waals surface area contributed by atoms with E-state index in [9.17, 15) is 22.0 Å². The molecule has 0 amide bonds. The molecule has 0 aromatic heterocycles. The maximum Gasteiger partial charge on any atom is 0.200 e. The van der Waals surface area contributed by atoms with Crippen LogP contribution in [0.15, 0.2) is 0 Å². The number of benzene rings is 1. The van der Waals surface area contributed by atoms with Crippen molar-refractivity contribution in [3.8, 4) is 0 Å². The Morgan fingerprint density at radius 3 is 1.47 bits per heavy atom. The van der Waals surface area contributed by atoms with Crippen LogP contribution in [0.3, 0.4) is 0 Å². The van der Waals surface area contributed by atoms with Crippen molar-refractivity contribution in [2.75, 3.05) is 13.1 Å². The SMILES string of the molecule is Fc1c(F)c(F)c(C2CNC2)c(F)c1F. The summed E-state index contributed by atoms with van der Waals surface area (Å²) in [4.78, 5) is 0. The van der Waals surface area contributed by atoms with E-state index in [-0.39, 0.29) is 13.1 Å². The Morgan fingerprint density at radius 2 is 1.13 bits per heavy atom. The van der Waals surface area contributed by atoms with Gasteiger partial charge in [0.25, 0.3) is 0 Å². The lowest BCUT2D eigenvalue weighted by Crippen LogP contribution is -2.41. The summed E-state index contributed by atoms with van der Waals surface area (Å²) in [5.41, 5.74) is -0.717. The Hall–Kier alpha value is -1.17. The monoisotopic (exact) mass is 223 g/mol. The molecule has 1 fully saturated rings. The predicted molar refractivity (Wildman–Crippen MR) is 41.8 cm³/mol. The highest BCUT2D eigenvalue weighted by Crippen LogP contribution is 2.30. The van der Waals surface area contributed by atoms with Crippen molar-refractivity contribution < 1.29 is 22.0 Å². The third-order valence-electron chi connectivity index (χ3n) is 2.43. The molecule has 1 nitrogen and oxygen atoms in total. The van der Waals surface area contributed by atoms with E-state index in [4.69, 9.17) is 0 Å². The van der Waals surface area contributed by atoms with E-state index in [1.165, 1.54) is 0 Å². The number of halogens is 5. The molecule has 0 spiro atoms. The number of hydrogen-bond acceptors (Lipinski definition) is 1. The summed E-state index contributed by atoms with van der Waals surface area (Å²) in [5.74, 6) is -9.96. The Bertz CT molecular complexity index is 384. The molecule has 1 saturated heterocycles. The molecule has 0 bridgehead atoms. The lowest BCUT2D eigenvalue weighted by Gasteiger charge is -2.28. The number of nitrogens with one attached hydrogen (secondary N) is 1. The van der Waals surface area contributed by atoms with Gasteiger partial charge < -0.3 is 5.32 Å². The maximum absolute atomic E-state index is 13.1. The predicted octanol–water partition coefficient (Wildman–Crippen LogP) is 2.07. The summed E-state index contributed by atoms with van der Waals surface area (Å²) < 4.78 is 64.4. The summed E-state index contributed by atoms with van der Waals surface area (Å²) in [7, 11) is 0. The van der Waals surface area contributed by atoms with Gasteiger partial charge in [0, 0.05) is 24.6 Å². The van der Waals surface area contributed by atoms with Crippen LogP contribution < -0.4 is 5.32 Å². The largest absolute Gasteiger partial charge is 0.315 e. The third kappa shape index (κ3) is 1.40. The van der Waals surface area contributed by atoms with Crippen LogP contribution in [0.1, 0.15) is 11.5 Å². The fourth-order valence-electron chi connectivity index (χ4n) is 1.47. The highest BCUT2D eigenvalue weighted by molar-refractivity contribution is 5.29. The zero-order valence-corrected chi connectivity index (χ0v) is 7.38. The first-order valence-electron chi connectivity index (χ1n) is 4.26. The summed E-state index contributed by atoms with van der Waals surface area (Å²) in [6.45, 7) is 0.441. The van der Waals surface area contributed by atoms with Crippen molar-refractivity contribution >= 4 is 0 Å². The van der Waals surface area contributed by atoms with Gasteiger partial charge in [-0.15, -0.1) is 0 Å².